The van der Waals surface area contributed by atoms with Crippen LogP contribution in [0, 0.1) is 0 Å². The van der Waals surface area contributed by atoms with Crippen molar-refractivity contribution in [1.82, 2.24) is 24.1 Å². The first kappa shape index (κ1) is 35.8. The highest BCUT2D eigenvalue weighted by Gasteiger charge is 2.24. The SMILES string of the molecule is c1ccc2cc3c(cc2c1)c1ccccc1n3-c1cc(-c2nc(-c3ccc4c(c3)sc3ccccc34)nc(-n3c4ccccc4c4ccccc43)n2)cc2oc3c4ccccc4ccc3c12. The van der Waals surface area contributed by atoms with Gasteiger partial charge in [-0.2, -0.15) is 9.97 Å². The first-order valence-electron chi connectivity index (χ1n) is 22.2. The third kappa shape index (κ3) is 5.08. The number of hydrogen-bond donors (Lipinski definition) is 0. The van der Waals surface area contributed by atoms with E-state index >= 15 is 0 Å². The van der Waals surface area contributed by atoms with Crippen LogP contribution in [-0.4, -0.2) is 24.1 Å². The van der Waals surface area contributed by atoms with Gasteiger partial charge in [-0.15, -0.1) is 11.3 Å². The molecule has 0 aliphatic carbocycles. The summed E-state index contributed by atoms with van der Waals surface area (Å²) in [4.78, 5) is 16.2. The molecule has 0 unspecified atom stereocenters. The van der Waals surface area contributed by atoms with Crippen molar-refractivity contribution < 1.29 is 4.42 Å². The lowest BCUT2D eigenvalue weighted by atomic mass is 10.0. The number of rotatable bonds is 4. The zero-order valence-corrected chi connectivity index (χ0v) is 35.9. The van der Waals surface area contributed by atoms with Crippen LogP contribution in [0.4, 0.5) is 0 Å². The molecule has 6 nitrogen and oxygen atoms in total. The third-order valence-electron chi connectivity index (χ3n) is 13.5. The second-order valence-electron chi connectivity index (χ2n) is 17.2. The Morgan fingerprint density at radius 3 is 1.70 bits per heavy atom. The van der Waals surface area contributed by atoms with Gasteiger partial charge >= 0.3 is 0 Å². The standard InChI is InChI=1S/C59H33N5OS/c1-2-15-36-30-50-46(29-35(36)14-1)42-19-7-9-21-47(42)63(50)51-31-38(32-52-55(51)45-28-25-34-13-3-4-16-39(34)56(45)65-52)58-60-57(37-26-27-44-43-20-8-12-24-53(43)66-54(44)33-37)61-59(62-58)64-48-22-10-5-17-40(48)41-18-6-11-23-49(41)64/h1-33H. The van der Waals surface area contributed by atoms with E-state index in [2.05, 4.69) is 209 Å². The van der Waals surface area contributed by atoms with Crippen molar-refractivity contribution in [3.8, 4) is 34.4 Å². The molecule has 0 spiro atoms. The molecule has 15 rings (SSSR count). The normalized spacial score (nSPS) is 12.2. The average Bonchev–Trinajstić information content (AvgIpc) is 4.13. The molecule has 0 atom stereocenters. The third-order valence-corrected chi connectivity index (χ3v) is 14.7. The first-order valence-corrected chi connectivity index (χ1v) is 23.0. The molecular formula is C59H33N5OS. The second-order valence-corrected chi connectivity index (χ2v) is 18.2. The Labute approximate surface area is 379 Å². The summed E-state index contributed by atoms with van der Waals surface area (Å²) in [5.41, 5.74) is 8.62. The summed E-state index contributed by atoms with van der Waals surface area (Å²) >= 11 is 1.79. The lowest BCUT2D eigenvalue weighted by molar-refractivity contribution is 0.672. The topological polar surface area (TPSA) is 61.7 Å². The lowest BCUT2D eigenvalue weighted by Gasteiger charge is -2.14. The Bertz CT molecular complexity index is 4500. The Balaban J connectivity index is 1.06. The molecule has 15 aromatic rings. The number of para-hydroxylation sites is 3. The number of aromatic nitrogens is 5. The number of hydrogen-bond acceptors (Lipinski definition) is 5. The zero-order valence-electron chi connectivity index (χ0n) is 35.1. The smallest absolute Gasteiger partial charge is 0.238 e. The molecule has 66 heavy (non-hydrogen) atoms. The van der Waals surface area contributed by atoms with Gasteiger partial charge in [-0.1, -0.05) is 140 Å². The molecule has 0 saturated heterocycles. The predicted molar refractivity (Wildman–Crippen MR) is 275 cm³/mol. The van der Waals surface area contributed by atoms with Crippen LogP contribution in [0.15, 0.2) is 205 Å². The van der Waals surface area contributed by atoms with Gasteiger partial charge in [-0.25, -0.2) is 4.98 Å². The second kappa shape index (κ2) is 13.4. The van der Waals surface area contributed by atoms with Crippen LogP contribution in [0.5, 0.6) is 0 Å². The maximum atomic E-state index is 7.08. The highest BCUT2D eigenvalue weighted by atomic mass is 32.1. The number of furan rings is 1. The van der Waals surface area contributed by atoms with Crippen LogP contribution >= 0.6 is 11.3 Å². The molecule has 7 heteroatoms. The van der Waals surface area contributed by atoms with Gasteiger partial charge in [0.15, 0.2) is 11.6 Å². The van der Waals surface area contributed by atoms with Gasteiger partial charge in [-0.05, 0) is 76.8 Å². The lowest BCUT2D eigenvalue weighted by Crippen LogP contribution is -2.06. The summed E-state index contributed by atoms with van der Waals surface area (Å²) in [5.74, 6) is 1.69. The van der Waals surface area contributed by atoms with Crippen molar-refractivity contribution in [3.05, 3.63) is 200 Å². The number of nitrogens with zero attached hydrogens (tertiary/aromatic N) is 5. The van der Waals surface area contributed by atoms with E-state index in [-0.39, 0.29) is 0 Å². The molecule has 5 aromatic heterocycles. The Morgan fingerprint density at radius 2 is 0.939 bits per heavy atom. The maximum absolute atomic E-state index is 7.08. The monoisotopic (exact) mass is 859 g/mol. The zero-order chi connectivity index (χ0) is 43.0. The van der Waals surface area contributed by atoms with E-state index in [0.29, 0.717) is 17.6 Å². The van der Waals surface area contributed by atoms with Crippen LogP contribution in [0.2, 0.25) is 0 Å². The summed E-state index contributed by atoms with van der Waals surface area (Å²) in [7, 11) is 0. The van der Waals surface area contributed by atoms with Crippen molar-refractivity contribution >= 4 is 119 Å². The molecule has 0 aliphatic heterocycles. The number of fused-ring (bicyclic) bond motifs is 15. The molecule has 10 aromatic carbocycles. The van der Waals surface area contributed by atoms with Crippen molar-refractivity contribution in [2.24, 2.45) is 0 Å². The summed E-state index contributed by atoms with van der Waals surface area (Å²) in [6, 6.07) is 71.4. The molecule has 0 N–H and O–H groups in total. The average molecular weight is 860 g/mol. The molecule has 306 valence electrons. The van der Waals surface area contributed by atoms with Crippen molar-refractivity contribution in [3.63, 3.8) is 0 Å². The molecular weight excluding hydrogens is 827 g/mol. The fourth-order valence-corrected chi connectivity index (χ4v) is 11.7. The summed E-state index contributed by atoms with van der Waals surface area (Å²) < 4.78 is 14.1. The Morgan fingerprint density at radius 1 is 0.364 bits per heavy atom. The highest BCUT2D eigenvalue weighted by molar-refractivity contribution is 7.25. The van der Waals surface area contributed by atoms with Gasteiger partial charge in [0.25, 0.3) is 0 Å². The van der Waals surface area contributed by atoms with E-state index in [1.54, 1.807) is 11.3 Å². The largest absolute Gasteiger partial charge is 0.455 e. The quantitative estimate of drug-likeness (QED) is 0.177. The van der Waals surface area contributed by atoms with E-state index in [1.165, 1.54) is 41.7 Å². The van der Waals surface area contributed by atoms with E-state index in [4.69, 9.17) is 19.4 Å². The summed E-state index contributed by atoms with van der Waals surface area (Å²) in [6.07, 6.45) is 0. The van der Waals surface area contributed by atoms with Gasteiger partial charge in [-0.3, -0.25) is 4.57 Å². The molecule has 0 saturated carbocycles. The molecule has 0 radical (unpaired) electrons. The van der Waals surface area contributed by atoms with Crippen LogP contribution < -0.4 is 0 Å². The highest BCUT2D eigenvalue weighted by Crippen LogP contribution is 2.44. The fraction of sp³-hybridized carbons (Fsp3) is 0. The molecule has 0 aliphatic rings. The van der Waals surface area contributed by atoms with Gasteiger partial charge in [0.1, 0.15) is 11.2 Å². The minimum atomic E-state index is 0.546. The predicted octanol–water partition coefficient (Wildman–Crippen LogP) is 16.0. The number of thiophene rings is 1. The first-order chi connectivity index (χ1) is 32.7. The van der Waals surface area contributed by atoms with Gasteiger partial charge in [0, 0.05) is 63.6 Å². The summed E-state index contributed by atoms with van der Waals surface area (Å²) in [5, 5.41) is 13.8. The van der Waals surface area contributed by atoms with Crippen molar-refractivity contribution in [2.45, 2.75) is 0 Å². The molecule has 0 fully saturated rings. The van der Waals surface area contributed by atoms with Crippen LogP contribution in [0.3, 0.4) is 0 Å². The molecule has 0 bridgehead atoms. The van der Waals surface area contributed by atoms with Crippen LogP contribution in [0.1, 0.15) is 0 Å². The van der Waals surface area contributed by atoms with E-state index < -0.39 is 0 Å². The summed E-state index contributed by atoms with van der Waals surface area (Å²) in [6.45, 7) is 0. The van der Waals surface area contributed by atoms with Crippen molar-refractivity contribution in [1.29, 1.82) is 0 Å². The van der Waals surface area contributed by atoms with Gasteiger partial charge in [0.2, 0.25) is 5.95 Å². The van der Waals surface area contributed by atoms with Crippen LogP contribution in [0.25, 0.3) is 142 Å². The number of benzene rings is 10. The van der Waals surface area contributed by atoms with Crippen molar-refractivity contribution in [2.75, 3.05) is 0 Å². The van der Waals surface area contributed by atoms with Gasteiger partial charge < -0.3 is 8.98 Å². The minimum Gasteiger partial charge on any atom is -0.455 e. The minimum absolute atomic E-state index is 0.546. The Hall–Kier alpha value is -8.65. The molecule has 5 heterocycles. The van der Waals surface area contributed by atoms with E-state index in [0.717, 1.165) is 82.4 Å². The Kier molecular flexibility index (Phi) is 7.28. The van der Waals surface area contributed by atoms with Crippen LogP contribution in [-0.2, 0) is 0 Å². The van der Waals surface area contributed by atoms with E-state index in [9.17, 15) is 0 Å². The van der Waals surface area contributed by atoms with Gasteiger partial charge in [0.05, 0.1) is 33.1 Å². The van der Waals surface area contributed by atoms with E-state index in [1.807, 2.05) is 0 Å². The molecule has 0 amide bonds. The maximum Gasteiger partial charge on any atom is 0.238 e. The fourth-order valence-electron chi connectivity index (χ4n) is 10.6.